The van der Waals surface area contributed by atoms with Crippen molar-refractivity contribution >= 4 is 15.9 Å². The van der Waals surface area contributed by atoms with Gasteiger partial charge in [-0.2, -0.15) is 13.2 Å². The van der Waals surface area contributed by atoms with Crippen LogP contribution in [-0.2, 0) is 6.18 Å². The van der Waals surface area contributed by atoms with Crippen molar-refractivity contribution in [1.82, 2.24) is 4.98 Å². The molecule has 1 nitrogen and oxygen atoms in total. The first kappa shape index (κ1) is 5.13. The first-order valence-corrected chi connectivity index (χ1v) is 3.25. The number of halogens is 4. The van der Waals surface area contributed by atoms with Crippen molar-refractivity contribution in [3.8, 4) is 0 Å². The third-order valence-corrected chi connectivity index (χ3v) is 1.22. The van der Waals surface area contributed by atoms with E-state index in [-0.39, 0.29) is 4.60 Å². The van der Waals surface area contributed by atoms with Gasteiger partial charge in [0.15, 0.2) is 0 Å². The summed E-state index contributed by atoms with van der Waals surface area (Å²) >= 11 is 2.69. The molecule has 11 heavy (non-hydrogen) atoms. The molecule has 0 unspecified atom stereocenters. The molecule has 0 spiro atoms. The van der Waals surface area contributed by atoms with Crippen molar-refractivity contribution in [2.45, 2.75) is 6.18 Å². The fraction of sp³-hybridized carbons (Fsp3) is 0.167. The quantitative estimate of drug-likeness (QED) is 0.623. The van der Waals surface area contributed by atoms with Crippen LogP contribution in [0.3, 0.4) is 0 Å². The van der Waals surface area contributed by atoms with Crippen molar-refractivity contribution in [3.05, 3.63) is 28.4 Å². The van der Waals surface area contributed by atoms with Gasteiger partial charge >= 0.3 is 6.18 Å². The Labute approximate surface area is 73.6 Å². The van der Waals surface area contributed by atoms with Gasteiger partial charge in [-0.1, -0.05) is 0 Å². The van der Waals surface area contributed by atoms with Crippen LogP contribution in [0.25, 0.3) is 0 Å². The lowest BCUT2D eigenvalue weighted by Gasteiger charge is -2.04. The summed E-state index contributed by atoms with van der Waals surface area (Å²) in [6.45, 7) is 0. The molecule has 0 aliphatic heterocycles. The highest BCUT2D eigenvalue weighted by Crippen LogP contribution is 2.28. The number of alkyl halides is 3. The minimum Gasteiger partial charge on any atom is -0.249 e. The van der Waals surface area contributed by atoms with Gasteiger partial charge in [0.2, 0.25) is 0 Å². The van der Waals surface area contributed by atoms with E-state index in [0.717, 1.165) is 0 Å². The second kappa shape index (κ2) is 2.81. The van der Waals surface area contributed by atoms with E-state index in [1.54, 1.807) is 0 Å². The molecular formula is C6H3BrF3N. The van der Waals surface area contributed by atoms with Gasteiger partial charge in [0.1, 0.15) is 4.60 Å². The van der Waals surface area contributed by atoms with Gasteiger partial charge in [-0.3, -0.25) is 0 Å². The van der Waals surface area contributed by atoms with E-state index < -0.39 is 30.0 Å². The Kier molecular flexibility index (Phi) is 1.31. The molecular weight excluding hydrogens is 223 g/mol. The molecule has 60 valence electrons. The van der Waals surface area contributed by atoms with E-state index in [4.69, 9.17) is 4.11 Å². The van der Waals surface area contributed by atoms with E-state index in [9.17, 15) is 13.2 Å². The highest BCUT2D eigenvalue weighted by molar-refractivity contribution is 9.10. The van der Waals surface area contributed by atoms with Crippen molar-refractivity contribution in [2.75, 3.05) is 0 Å². The zero-order valence-electron chi connectivity index (χ0n) is 7.96. The maximum absolute atomic E-state index is 12.2. The summed E-state index contributed by atoms with van der Waals surface area (Å²) in [5.74, 6) is 0. The number of pyridine rings is 1. The molecule has 0 atom stereocenters. The van der Waals surface area contributed by atoms with Crippen LogP contribution in [0, 0.1) is 0 Å². The Bertz CT molecular complexity index is 380. The van der Waals surface area contributed by atoms with Gasteiger partial charge in [0.25, 0.3) is 0 Å². The largest absolute Gasteiger partial charge is 0.417 e. The highest BCUT2D eigenvalue weighted by Gasteiger charge is 2.30. The molecule has 1 aromatic rings. The van der Waals surface area contributed by atoms with E-state index in [1.807, 2.05) is 0 Å². The van der Waals surface area contributed by atoms with Gasteiger partial charge in [-0.05, 0) is 28.0 Å². The fourth-order valence-corrected chi connectivity index (χ4v) is 0.597. The fourth-order valence-electron chi connectivity index (χ4n) is 0.409. The predicted molar refractivity (Wildman–Crippen MR) is 36.9 cm³/mol. The van der Waals surface area contributed by atoms with Crippen molar-refractivity contribution < 1.29 is 17.3 Å². The molecule has 0 aliphatic rings. The Morgan fingerprint density at radius 3 is 2.64 bits per heavy atom. The van der Waals surface area contributed by atoms with Crippen LogP contribution < -0.4 is 0 Å². The normalized spacial score (nSPS) is 15.5. The van der Waals surface area contributed by atoms with Gasteiger partial charge in [-0.25, -0.2) is 4.98 Å². The number of rotatable bonds is 0. The van der Waals surface area contributed by atoms with Gasteiger partial charge in [-0.15, -0.1) is 0 Å². The lowest BCUT2D eigenvalue weighted by Crippen LogP contribution is -2.04. The van der Waals surface area contributed by atoms with E-state index in [0.29, 0.717) is 0 Å². The van der Waals surface area contributed by atoms with Gasteiger partial charge in [0, 0.05) is 6.17 Å². The second-order valence-corrected chi connectivity index (χ2v) is 2.39. The molecule has 1 rings (SSSR count). The molecule has 0 saturated carbocycles. The Hall–Kier alpha value is -0.580. The minimum atomic E-state index is -4.82. The summed E-state index contributed by atoms with van der Waals surface area (Å²) in [4.78, 5) is 3.16. The Morgan fingerprint density at radius 1 is 1.45 bits per heavy atom. The summed E-state index contributed by atoms with van der Waals surface area (Å²) in [5.41, 5.74) is -1.48. The SMILES string of the molecule is [2H]c1nc(Br)c([2H])c([2H])c1C(F)(F)F. The average molecular weight is 229 g/mol. The summed E-state index contributed by atoms with van der Waals surface area (Å²) in [6.07, 6.45) is -5.87. The lowest BCUT2D eigenvalue weighted by atomic mass is 10.3. The van der Waals surface area contributed by atoms with Crippen LogP contribution in [-0.4, -0.2) is 4.98 Å². The second-order valence-electron chi connectivity index (χ2n) is 1.64. The van der Waals surface area contributed by atoms with Crippen LogP contribution in [0.1, 0.15) is 9.68 Å². The van der Waals surface area contributed by atoms with Crippen LogP contribution >= 0.6 is 15.9 Å². The van der Waals surface area contributed by atoms with Crippen LogP contribution in [0.15, 0.2) is 22.9 Å². The first-order chi connectivity index (χ1) is 6.25. The molecule has 0 bridgehead atoms. The number of hydrogen-bond acceptors (Lipinski definition) is 1. The number of nitrogens with zero attached hydrogens (tertiary/aromatic N) is 1. The molecule has 1 heterocycles. The van der Waals surface area contributed by atoms with Crippen molar-refractivity contribution in [3.63, 3.8) is 0 Å². The molecule has 0 amide bonds. The molecule has 5 heteroatoms. The molecule has 0 fully saturated rings. The average Bonchev–Trinajstić information content (AvgIpc) is 1.97. The smallest absolute Gasteiger partial charge is 0.249 e. The van der Waals surface area contributed by atoms with E-state index in [1.165, 1.54) is 0 Å². The summed E-state index contributed by atoms with van der Waals surface area (Å²) in [5, 5.41) is 0. The van der Waals surface area contributed by atoms with E-state index >= 15 is 0 Å². The molecule has 0 aliphatic carbocycles. The topological polar surface area (TPSA) is 12.9 Å². The molecule has 0 aromatic carbocycles. The van der Waals surface area contributed by atoms with Crippen molar-refractivity contribution in [2.24, 2.45) is 0 Å². The van der Waals surface area contributed by atoms with Crippen molar-refractivity contribution in [1.29, 1.82) is 0 Å². The lowest BCUT2D eigenvalue weighted by molar-refractivity contribution is -0.137. The van der Waals surface area contributed by atoms with Crippen LogP contribution in [0.4, 0.5) is 13.2 Å². The van der Waals surface area contributed by atoms with Gasteiger partial charge in [0.05, 0.1) is 9.68 Å². The third kappa shape index (κ3) is 2.18. The maximum atomic E-state index is 12.2. The molecule has 0 N–H and O–H groups in total. The maximum Gasteiger partial charge on any atom is 0.417 e. The highest BCUT2D eigenvalue weighted by atomic mass is 79.9. The Balaban J connectivity index is 3.53. The van der Waals surface area contributed by atoms with Crippen LogP contribution in [0.5, 0.6) is 0 Å². The minimum absolute atomic E-state index is 0.236. The molecule has 1 aromatic heterocycles. The number of hydrogen-bond donors (Lipinski definition) is 0. The first-order valence-electron chi connectivity index (χ1n) is 3.95. The zero-order chi connectivity index (χ0) is 11.1. The molecule has 0 radical (unpaired) electrons. The number of aromatic nitrogens is 1. The predicted octanol–water partition coefficient (Wildman–Crippen LogP) is 2.86. The Morgan fingerprint density at radius 2 is 2.09 bits per heavy atom. The summed E-state index contributed by atoms with van der Waals surface area (Å²) < 4.78 is 57.5. The molecule has 0 saturated heterocycles. The summed E-state index contributed by atoms with van der Waals surface area (Å²) in [6, 6.07) is -1.71. The third-order valence-electron chi connectivity index (χ3n) is 0.840. The zero-order valence-corrected chi connectivity index (χ0v) is 6.55. The van der Waals surface area contributed by atoms with Crippen LogP contribution in [0.2, 0.25) is 0 Å². The van der Waals surface area contributed by atoms with Gasteiger partial charge < -0.3 is 0 Å². The van der Waals surface area contributed by atoms with E-state index in [2.05, 4.69) is 20.9 Å². The standard InChI is InChI=1S/C6H3BrF3N/c7-5-2-1-4(3-11-5)6(8,9)10/h1-3H/i1D,2D,3D. The monoisotopic (exact) mass is 228 g/mol. The summed E-state index contributed by atoms with van der Waals surface area (Å²) in [7, 11) is 0.